The zero-order chi connectivity index (χ0) is 24.4. The molecule has 1 unspecified atom stereocenters. The highest BCUT2D eigenvalue weighted by Gasteiger charge is 2.53. The minimum atomic E-state index is -5.08. The maximum Gasteiger partial charge on any atom is 0.490 e. The van der Waals surface area contributed by atoms with Crippen molar-refractivity contribution in [3.8, 4) is 0 Å². The topological polar surface area (TPSA) is 90.4 Å². The van der Waals surface area contributed by atoms with Gasteiger partial charge in [0, 0.05) is 32.6 Å². The Morgan fingerprint density at radius 3 is 2.15 bits per heavy atom. The molecule has 0 aromatic heterocycles. The lowest BCUT2D eigenvalue weighted by Gasteiger charge is -2.56. The third-order valence-corrected chi connectivity index (χ3v) is 6.61. The van der Waals surface area contributed by atoms with E-state index in [4.69, 9.17) is 14.6 Å². The van der Waals surface area contributed by atoms with Crippen LogP contribution < -0.4 is 0 Å². The second-order valence-corrected chi connectivity index (χ2v) is 10.0. The molecule has 0 aromatic carbocycles. The van der Waals surface area contributed by atoms with Gasteiger partial charge in [-0.15, -0.1) is 0 Å². The average molecular weight is 478 g/mol. The number of carbonyl (C=O) groups is 3. The van der Waals surface area contributed by atoms with Crippen LogP contribution in [-0.4, -0.2) is 101 Å². The third kappa shape index (κ3) is 6.81. The van der Waals surface area contributed by atoms with Crippen LogP contribution in [0.5, 0.6) is 0 Å². The summed E-state index contributed by atoms with van der Waals surface area (Å²) in [5.74, 6) is -0.952. The molecule has 0 aromatic rings. The molecule has 3 heterocycles. The second kappa shape index (κ2) is 10.2. The minimum Gasteiger partial charge on any atom is -0.475 e. The summed E-state index contributed by atoms with van der Waals surface area (Å²) in [5, 5.41) is 7.12. The van der Waals surface area contributed by atoms with Crippen LogP contribution in [0.2, 0.25) is 0 Å². The van der Waals surface area contributed by atoms with Gasteiger partial charge in [-0.2, -0.15) is 13.2 Å². The fraction of sp³-hybridized carbons (Fsp3) is 0.864. The summed E-state index contributed by atoms with van der Waals surface area (Å²) in [6.07, 6.45) is 0.196. The molecule has 1 N–H and O–H groups in total. The number of hydrogen-bond donors (Lipinski definition) is 1. The third-order valence-electron chi connectivity index (χ3n) is 6.61. The smallest absolute Gasteiger partial charge is 0.475 e. The van der Waals surface area contributed by atoms with Gasteiger partial charge in [0.25, 0.3) is 0 Å². The van der Waals surface area contributed by atoms with E-state index < -0.39 is 12.1 Å². The van der Waals surface area contributed by atoms with E-state index in [0.717, 1.165) is 44.9 Å². The zero-order valence-corrected chi connectivity index (χ0v) is 19.3. The molecule has 188 valence electrons. The van der Waals surface area contributed by atoms with Crippen LogP contribution in [0.4, 0.5) is 13.2 Å². The molecule has 0 bridgehead atoms. The molecular formula is C22H34F3N3O5. The molecule has 1 saturated carbocycles. The van der Waals surface area contributed by atoms with Crippen LogP contribution in [0, 0.1) is 11.8 Å². The summed E-state index contributed by atoms with van der Waals surface area (Å²) in [5.41, 5.74) is -0.242. The molecule has 2 amide bonds. The number of morpholine rings is 1. The van der Waals surface area contributed by atoms with Gasteiger partial charge in [-0.1, -0.05) is 13.8 Å². The van der Waals surface area contributed by atoms with Crippen LogP contribution in [0.15, 0.2) is 0 Å². The lowest BCUT2D eigenvalue weighted by Crippen LogP contribution is -2.74. The van der Waals surface area contributed by atoms with Gasteiger partial charge in [0.1, 0.15) is 11.6 Å². The molecule has 1 aliphatic carbocycles. The number of rotatable bonds is 6. The predicted molar refractivity (Wildman–Crippen MR) is 112 cm³/mol. The number of likely N-dealkylation sites (tertiary alicyclic amines) is 2. The number of carboxylic acids is 1. The molecule has 33 heavy (non-hydrogen) atoms. The fourth-order valence-electron chi connectivity index (χ4n) is 4.27. The van der Waals surface area contributed by atoms with Crippen molar-refractivity contribution < 1.29 is 37.4 Å². The monoisotopic (exact) mass is 477 g/mol. The number of ether oxygens (including phenoxy) is 1. The van der Waals surface area contributed by atoms with Crippen LogP contribution in [0.1, 0.15) is 46.0 Å². The van der Waals surface area contributed by atoms with Crippen molar-refractivity contribution in [3.63, 3.8) is 0 Å². The molecule has 11 heteroatoms. The largest absolute Gasteiger partial charge is 0.490 e. The molecule has 8 nitrogen and oxygen atoms in total. The van der Waals surface area contributed by atoms with Gasteiger partial charge in [-0.25, -0.2) is 4.79 Å². The van der Waals surface area contributed by atoms with E-state index in [1.165, 1.54) is 12.8 Å². The zero-order valence-electron chi connectivity index (χ0n) is 19.3. The van der Waals surface area contributed by atoms with E-state index in [0.29, 0.717) is 32.0 Å². The van der Waals surface area contributed by atoms with Crippen molar-refractivity contribution in [1.29, 1.82) is 0 Å². The lowest BCUT2D eigenvalue weighted by molar-refractivity contribution is -0.207. The highest BCUT2D eigenvalue weighted by atomic mass is 19.4. The molecule has 4 rings (SSSR count). The first-order valence-electron chi connectivity index (χ1n) is 11.6. The Morgan fingerprint density at radius 1 is 1.09 bits per heavy atom. The van der Waals surface area contributed by atoms with Crippen molar-refractivity contribution in [1.82, 2.24) is 14.7 Å². The number of alkyl halides is 3. The molecule has 3 aliphatic heterocycles. The van der Waals surface area contributed by atoms with Crippen LogP contribution in [0.25, 0.3) is 0 Å². The van der Waals surface area contributed by atoms with Crippen LogP contribution in [-0.2, 0) is 19.1 Å². The van der Waals surface area contributed by atoms with Crippen molar-refractivity contribution in [2.75, 3.05) is 45.9 Å². The number of carboxylic acid groups (broad SMARTS) is 1. The van der Waals surface area contributed by atoms with E-state index in [-0.39, 0.29) is 23.5 Å². The van der Waals surface area contributed by atoms with E-state index in [1.54, 1.807) is 0 Å². The summed E-state index contributed by atoms with van der Waals surface area (Å²) in [7, 11) is 0. The summed E-state index contributed by atoms with van der Waals surface area (Å²) in [6.45, 7) is 9.77. The standard InChI is InChI=1S/C20H33N3O3.C2HF3O2/c1-15(2)4-7-18(24)23-13-20(14-23)12-22(10-16-5-6-16)17(11-26-20)19(25)21-8-3-9-21;3-2(4,5)1(6)7/h15-17H,3-14H2,1-2H3;(H,6,7). The molecule has 4 fully saturated rings. The summed E-state index contributed by atoms with van der Waals surface area (Å²) >= 11 is 0. The SMILES string of the molecule is CC(C)CCC(=O)N1CC2(C1)CN(CC1CC1)C(C(=O)N1CCC1)CO2.O=C(O)C(F)(F)F. The maximum absolute atomic E-state index is 12.8. The van der Waals surface area contributed by atoms with E-state index in [9.17, 15) is 22.8 Å². The number of halogens is 3. The number of aliphatic carboxylic acids is 1. The molecule has 4 aliphatic rings. The Balaban J connectivity index is 0.000000383. The first-order chi connectivity index (χ1) is 15.4. The Bertz CT molecular complexity index is 731. The number of hydrogen-bond acceptors (Lipinski definition) is 5. The van der Waals surface area contributed by atoms with Crippen molar-refractivity contribution in [3.05, 3.63) is 0 Å². The normalized spacial score (nSPS) is 24.6. The Hall–Kier alpha value is -1.88. The Labute approximate surface area is 192 Å². The molecular weight excluding hydrogens is 443 g/mol. The van der Waals surface area contributed by atoms with Gasteiger partial charge in [0.2, 0.25) is 11.8 Å². The minimum absolute atomic E-state index is 0.118. The van der Waals surface area contributed by atoms with E-state index >= 15 is 0 Å². The average Bonchev–Trinajstić information content (AvgIpc) is 3.46. The summed E-state index contributed by atoms with van der Waals surface area (Å²) in [6, 6.07) is -0.118. The highest BCUT2D eigenvalue weighted by molar-refractivity contribution is 5.83. The maximum atomic E-state index is 12.8. The molecule has 0 radical (unpaired) electrons. The molecule has 1 spiro atoms. The quantitative estimate of drug-likeness (QED) is 0.629. The molecule has 1 atom stereocenters. The van der Waals surface area contributed by atoms with Crippen molar-refractivity contribution in [2.45, 2.75) is 63.8 Å². The Kier molecular flexibility index (Phi) is 7.93. The first kappa shape index (κ1) is 25.7. The predicted octanol–water partition coefficient (Wildman–Crippen LogP) is 1.98. The fourth-order valence-corrected chi connectivity index (χ4v) is 4.27. The number of nitrogens with zero attached hydrogens (tertiary/aromatic N) is 3. The summed E-state index contributed by atoms with van der Waals surface area (Å²) in [4.78, 5) is 40.3. The van der Waals surface area contributed by atoms with Gasteiger partial charge in [0.15, 0.2) is 0 Å². The van der Waals surface area contributed by atoms with Crippen molar-refractivity contribution in [2.24, 2.45) is 11.8 Å². The molecule has 3 saturated heterocycles. The lowest BCUT2D eigenvalue weighted by atomic mass is 9.89. The van der Waals surface area contributed by atoms with Gasteiger partial charge < -0.3 is 19.6 Å². The van der Waals surface area contributed by atoms with Crippen LogP contribution >= 0.6 is 0 Å². The van der Waals surface area contributed by atoms with Gasteiger partial charge >= 0.3 is 12.1 Å². The number of carbonyl (C=O) groups excluding carboxylic acids is 2. The van der Waals surface area contributed by atoms with E-state index in [2.05, 4.69) is 18.7 Å². The summed E-state index contributed by atoms with van der Waals surface area (Å²) < 4.78 is 37.9. The van der Waals surface area contributed by atoms with Gasteiger partial charge in [-0.3, -0.25) is 14.5 Å². The first-order valence-corrected chi connectivity index (χ1v) is 11.6. The van der Waals surface area contributed by atoms with Gasteiger partial charge in [0.05, 0.1) is 19.7 Å². The van der Waals surface area contributed by atoms with Gasteiger partial charge in [-0.05, 0) is 37.5 Å². The van der Waals surface area contributed by atoms with Crippen LogP contribution in [0.3, 0.4) is 0 Å². The van der Waals surface area contributed by atoms with Crippen molar-refractivity contribution >= 4 is 17.8 Å². The second-order valence-electron chi connectivity index (χ2n) is 10.0. The highest BCUT2D eigenvalue weighted by Crippen LogP contribution is 2.36. The Morgan fingerprint density at radius 2 is 1.70 bits per heavy atom. The number of amides is 2. The van der Waals surface area contributed by atoms with E-state index in [1.807, 2.05) is 9.80 Å².